The lowest BCUT2D eigenvalue weighted by atomic mass is 10.1. The molecule has 0 atom stereocenters. The van der Waals surface area contributed by atoms with Gasteiger partial charge in [-0.1, -0.05) is 6.07 Å². The van der Waals surface area contributed by atoms with Crippen molar-refractivity contribution in [3.63, 3.8) is 0 Å². The van der Waals surface area contributed by atoms with Gasteiger partial charge < -0.3 is 19.7 Å². The molecule has 154 valence electrons. The van der Waals surface area contributed by atoms with Crippen LogP contribution < -0.4 is 15.0 Å². The lowest BCUT2D eigenvalue weighted by Crippen LogP contribution is -2.36. The molecule has 1 amide bonds. The molecule has 1 saturated heterocycles. The van der Waals surface area contributed by atoms with E-state index in [2.05, 4.69) is 15.2 Å². The topological polar surface area (TPSA) is 80.8 Å². The van der Waals surface area contributed by atoms with E-state index in [0.717, 1.165) is 43.4 Å². The summed E-state index contributed by atoms with van der Waals surface area (Å²) in [5, 5.41) is 2.85. The van der Waals surface area contributed by atoms with Gasteiger partial charge in [0.2, 0.25) is 5.91 Å². The average molecular weight is 397 g/mol. The number of carbonyl (C=O) groups excluding carboxylic acids is 2. The van der Waals surface area contributed by atoms with Crippen LogP contribution in [0.5, 0.6) is 5.75 Å². The smallest absolute Gasteiger partial charge is 0.220 e. The Hall–Kier alpha value is -2.93. The van der Waals surface area contributed by atoms with Crippen LogP contribution in [0.2, 0.25) is 0 Å². The molecule has 1 N–H and O–H groups in total. The fourth-order valence-electron chi connectivity index (χ4n) is 3.06. The number of anilines is 1. The normalized spacial score (nSPS) is 13.8. The summed E-state index contributed by atoms with van der Waals surface area (Å²) in [7, 11) is 0. The quantitative estimate of drug-likeness (QED) is 0.655. The number of nitrogens with one attached hydrogen (secondary N) is 1. The monoisotopic (exact) mass is 397 g/mol. The summed E-state index contributed by atoms with van der Waals surface area (Å²) < 4.78 is 10.7. The molecule has 1 fully saturated rings. The van der Waals surface area contributed by atoms with Gasteiger partial charge in [0.25, 0.3) is 0 Å². The second-order valence-electron chi connectivity index (χ2n) is 6.78. The molecule has 1 aliphatic rings. The second kappa shape index (κ2) is 10.6. The lowest BCUT2D eigenvalue weighted by molar-refractivity contribution is -0.121. The third-order valence-electron chi connectivity index (χ3n) is 4.70. The molecular formula is C22H27N3O4. The predicted molar refractivity (Wildman–Crippen MR) is 110 cm³/mol. The number of aromatic nitrogens is 1. The van der Waals surface area contributed by atoms with E-state index in [1.165, 1.54) is 0 Å². The third-order valence-corrected chi connectivity index (χ3v) is 4.70. The van der Waals surface area contributed by atoms with Crippen LogP contribution in [0.1, 0.15) is 35.7 Å². The Morgan fingerprint density at radius 1 is 1.10 bits per heavy atom. The summed E-state index contributed by atoms with van der Waals surface area (Å²) in [6, 6.07) is 10.9. The van der Waals surface area contributed by atoms with Gasteiger partial charge in [0.1, 0.15) is 11.6 Å². The van der Waals surface area contributed by atoms with Gasteiger partial charge in [-0.05, 0) is 42.8 Å². The highest BCUT2D eigenvalue weighted by Crippen LogP contribution is 2.15. The number of ether oxygens (including phenoxy) is 2. The highest BCUT2D eigenvalue weighted by atomic mass is 16.5. The molecule has 1 aliphatic heterocycles. The molecule has 0 bridgehead atoms. The molecule has 7 nitrogen and oxygen atoms in total. The number of benzene rings is 1. The minimum absolute atomic E-state index is 0.0558. The number of rotatable bonds is 9. The first kappa shape index (κ1) is 20.8. The van der Waals surface area contributed by atoms with Gasteiger partial charge in [0.15, 0.2) is 5.78 Å². The van der Waals surface area contributed by atoms with Crippen molar-refractivity contribution in [1.82, 2.24) is 10.3 Å². The van der Waals surface area contributed by atoms with Crippen LogP contribution in [-0.2, 0) is 16.1 Å². The minimum Gasteiger partial charge on any atom is -0.494 e. The van der Waals surface area contributed by atoms with E-state index in [1.807, 2.05) is 19.1 Å². The SMILES string of the molecule is CCOc1ccc(C(=O)CCC(=O)NCc2ccc(N3CCOCC3)nc2)cc1. The minimum atomic E-state index is -0.151. The van der Waals surface area contributed by atoms with Crippen molar-refractivity contribution < 1.29 is 19.1 Å². The number of Topliss-reactive ketones (excluding diaryl/α,β-unsaturated/α-hetero) is 1. The molecule has 7 heteroatoms. The van der Waals surface area contributed by atoms with E-state index >= 15 is 0 Å². The molecule has 2 heterocycles. The Morgan fingerprint density at radius 3 is 2.52 bits per heavy atom. The average Bonchev–Trinajstić information content (AvgIpc) is 2.78. The van der Waals surface area contributed by atoms with Crippen LogP contribution in [0.25, 0.3) is 0 Å². The molecule has 0 spiro atoms. The first-order valence-corrected chi connectivity index (χ1v) is 9.96. The number of hydrogen-bond donors (Lipinski definition) is 1. The number of pyridine rings is 1. The van der Waals surface area contributed by atoms with Gasteiger partial charge in [-0.2, -0.15) is 0 Å². The van der Waals surface area contributed by atoms with Crippen molar-refractivity contribution in [1.29, 1.82) is 0 Å². The Balaban J connectivity index is 1.40. The van der Waals surface area contributed by atoms with Crippen LogP contribution in [0.15, 0.2) is 42.6 Å². The molecule has 0 unspecified atom stereocenters. The first-order chi connectivity index (χ1) is 14.2. The molecule has 0 aliphatic carbocycles. The molecule has 2 aromatic rings. The summed E-state index contributed by atoms with van der Waals surface area (Å²) in [6.07, 6.45) is 2.11. The third kappa shape index (κ3) is 6.29. The number of hydrogen-bond acceptors (Lipinski definition) is 6. The molecule has 29 heavy (non-hydrogen) atoms. The number of carbonyl (C=O) groups is 2. The van der Waals surface area contributed by atoms with Crippen molar-refractivity contribution in [2.24, 2.45) is 0 Å². The molecule has 1 aromatic carbocycles. The Morgan fingerprint density at radius 2 is 1.86 bits per heavy atom. The number of amides is 1. The zero-order chi connectivity index (χ0) is 20.5. The van der Waals surface area contributed by atoms with Crippen molar-refractivity contribution in [3.8, 4) is 5.75 Å². The van der Waals surface area contributed by atoms with Crippen molar-refractivity contribution >= 4 is 17.5 Å². The highest BCUT2D eigenvalue weighted by Gasteiger charge is 2.13. The van der Waals surface area contributed by atoms with Crippen LogP contribution in [0.4, 0.5) is 5.82 Å². The maximum Gasteiger partial charge on any atom is 0.220 e. The van der Waals surface area contributed by atoms with E-state index in [0.29, 0.717) is 18.7 Å². The molecule has 0 saturated carbocycles. The molecule has 1 aromatic heterocycles. The van der Waals surface area contributed by atoms with E-state index in [9.17, 15) is 9.59 Å². The summed E-state index contributed by atoms with van der Waals surface area (Å²) in [6.45, 7) is 6.00. The van der Waals surface area contributed by atoms with E-state index < -0.39 is 0 Å². The number of nitrogens with zero attached hydrogens (tertiary/aromatic N) is 2. The van der Waals surface area contributed by atoms with Gasteiger partial charge in [-0.15, -0.1) is 0 Å². The standard InChI is InChI=1S/C22H27N3O4/c1-2-29-19-6-4-18(5-7-19)20(26)8-10-22(27)24-16-17-3-9-21(23-15-17)25-11-13-28-14-12-25/h3-7,9,15H,2,8,10-14,16H2,1H3,(H,24,27). The fourth-order valence-corrected chi connectivity index (χ4v) is 3.06. The van der Waals surface area contributed by atoms with Crippen LogP contribution in [0, 0.1) is 0 Å². The highest BCUT2D eigenvalue weighted by molar-refractivity contribution is 5.98. The van der Waals surface area contributed by atoms with Gasteiger partial charge in [0, 0.05) is 44.2 Å². The predicted octanol–water partition coefficient (Wildman–Crippen LogP) is 2.60. The van der Waals surface area contributed by atoms with E-state index in [1.54, 1.807) is 30.5 Å². The lowest BCUT2D eigenvalue weighted by Gasteiger charge is -2.27. The zero-order valence-corrected chi connectivity index (χ0v) is 16.7. The van der Waals surface area contributed by atoms with Gasteiger partial charge >= 0.3 is 0 Å². The summed E-state index contributed by atoms with van der Waals surface area (Å²) in [5.41, 5.74) is 1.51. The van der Waals surface area contributed by atoms with Crippen LogP contribution in [-0.4, -0.2) is 49.6 Å². The molecule has 3 rings (SSSR count). The number of morpholine rings is 1. The zero-order valence-electron chi connectivity index (χ0n) is 16.7. The Bertz CT molecular complexity index is 800. The van der Waals surface area contributed by atoms with Crippen LogP contribution >= 0.6 is 0 Å². The summed E-state index contributed by atoms with van der Waals surface area (Å²) >= 11 is 0. The van der Waals surface area contributed by atoms with Crippen molar-refractivity contribution in [2.45, 2.75) is 26.3 Å². The van der Waals surface area contributed by atoms with Gasteiger partial charge in [0.05, 0.1) is 19.8 Å². The molecular weight excluding hydrogens is 370 g/mol. The maximum absolute atomic E-state index is 12.2. The van der Waals surface area contributed by atoms with Crippen molar-refractivity contribution in [3.05, 3.63) is 53.7 Å². The Labute approximate surface area is 171 Å². The molecule has 0 radical (unpaired) electrons. The number of ketones is 1. The largest absolute Gasteiger partial charge is 0.494 e. The maximum atomic E-state index is 12.2. The van der Waals surface area contributed by atoms with E-state index in [4.69, 9.17) is 9.47 Å². The Kier molecular flexibility index (Phi) is 7.58. The first-order valence-electron chi connectivity index (χ1n) is 9.96. The van der Waals surface area contributed by atoms with E-state index in [-0.39, 0.29) is 24.5 Å². The van der Waals surface area contributed by atoms with Gasteiger partial charge in [-0.3, -0.25) is 9.59 Å². The van der Waals surface area contributed by atoms with Crippen molar-refractivity contribution in [2.75, 3.05) is 37.8 Å². The second-order valence-corrected chi connectivity index (χ2v) is 6.78. The van der Waals surface area contributed by atoms with Gasteiger partial charge in [-0.25, -0.2) is 4.98 Å². The fraction of sp³-hybridized carbons (Fsp3) is 0.409. The summed E-state index contributed by atoms with van der Waals surface area (Å²) in [5.74, 6) is 1.45. The van der Waals surface area contributed by atoms with Crippen LogP contribution in [0.3, 0.4) is 0 Å². The summed E-state index contributed by atoms with van der Waals surface area (Å²) in [4.78, 5) is 31.0.